The standard InChI is InChI=1S/C13H16F3N3O/c1-9-3-2-6-19(8-9)12(20)18-10-4-5-11(17-7-10)13(14,15)16/h4-5,7,9H,2-3,6,8H2,1H3,(H,18,20). The Bertz CT molecular complexity index is 473. The number of carbonyl (C=O) groups excluding carboxylic acids is 1. The van der Waals surface area contributed by atoms with Crippen LogP contribution in [-0.2, 0) is 6.18 Å². The van der Waals surface area contributed by atoms with Gasteiger partial charge in [0.2, 0.25) is 0 Å². The van der Waals surface area contributed by atoms with Gasteiger partial charge in [-0.15, -0.1) is 0 Å². The lowest BCUT2D eigenvalue weighted by Crippen LogP contribution is -2.41. The van der Waals surface area contributed by atoms with Crippen LogP contribution >= 0.6 is 0 Å². The molecule has 1 aromatic heterocycles. The van der Waals surface area contributed by atoms with Crippen LogP contribution in [0.1, 0.15) is 25.5 Å². The van der Waals surface area contributed by atoms with Gasteiger partial charge in [-0.3, -0.25) is 0 Å². The van der Waals surface area contributed by atoms with E-state index in [4.69, 9.17) is 0 Å². The number of piperidine rings is 1. The predicted octanol–water partition coefficient (Wildman–Crippen LogP) is 3.36. The van der Waals surface area contributed by atoms with Crippen molar-refractivity contribution < 1.29 is 18.0 Å². The zero-order chi connectivity index (χ0) is 14.8. The van der Waals surface area contributed by atoms with Crippen LogP contribution in [0.5, 0.6) is 0 Å². The Morgan fingerprint density at radius 1 is 1.45 bits per heavy atom. The van der Waals surface area contributed by atoms with Crippen molar-refractivity contribution in [3.63, 3.8) is 0 Å². The lowest BCUT2D eigenvalue weighted by Gasteiger charge is -2.30. The number of nitrogens with one attached hydrogen (secondary N) is 1. The highest BCUT2D eigenvalue weighted by molar-refractivity contribution is 5.89. The number of hydrogen-bond acceptors (Lipinski definition) is 2. The van der Waals surface area contributed by atoms with Gasteiger partial charge in [0.05, 0.1) is 11.9 Å². The van der Waals surface area contributed by atoms with Crippen molar-refractivity contribution in [3.05, 3.63) is 24.0 Å². The second-order valence-electron chi connectivity index (χ2n) is 5.05. The number of likely N-dealkylation sites (tertiary alicyclic amines) is 1. The molecule has 0 saturated carbocycles. The maximum Gasteiger partial charge on any atom is 0.433 e. The van der Waals surface area contributed by atoms with E-state index in [0.717, 1.165) is 25.1 Å². The summed E-state index contributed by atoms with van der Waals surface area (Å²) in [6.45, 7) is 3.41. The van der Waals surface area contributed by atoms with Crippen LogP contribution in [0.4, 0.5) is 23.7 Å². The molecule has 1 aliphatic heterocycles. The number of hydrogen-bond donors (Lipinski definition) is 1. The zero-order valence-corrected chi connectivity index (χ0v) is 11.1. The molecule has 1 N–H and O–H groups in total. The number of aromatic nitrogens is 1. The van der Waals surface area contributed by atoms with Crippen LogP contribution in [-0.4, -0.2) is 29.0 Å². The number of amides is 2. The van der Waals surface area contributed by atoms with Crippen molar-refractivity contribution in [3.8, 4) is 0 Å². The predicted molar refractivity (Wildman–Crippen MR) is 68.2 cm³/mol. The van der Waals surface area contributed by atoms with Crippen LogP contribution in [0.25, 0.3) is 0 Å². The van der Waals surface area contributed by atoms with Crippen molar-refractivity contribution >= 4 is 11.7 Å². The third-order valence-corrected chi connectivity index (χ3v) is 3.25. The maximum absolute atomic E-state index is 12.4. The Morgan fingerprint density at radius 2 is 2.20 bits per heavy atom. The minimum atomic E-state index is -4.47. The molecule has 2 rings (SSSR count). The molecule has 1 aromatic rings. The summed E-state index contributed by atoms with van der Waals surface area (Å²) in [4.78, 5) is 16.9. The fourth-order valence-electron chi connectivity index (χ4n) is 2.21. The van der Waals surface area contributed by atoms with Crippen LogP contribution < -0.4 is 5.32 Å². The van der Waals surface area contributed by atoms with Crippen LogP contribution in [0, 0.1) is 5.92 Å². The Hall–Kier alpha value is -1.79. The van der Waals surface area contributed by atoms with E-state index in [1.54, 1.807) is 4.90 Å². The van der Waals surface area contributed by atoms with Gasteiger partial charge in [0.25, 0.3) is 0 Å². The minimum Gasteiger partial charge on any atom is -0.324 e. The van der Waals surface area contributed by atoms with Crippen molar-refractivity contribution in [2.45, 2.75) is 25.9 Å². The number of alkyl halides is 3. The lowest BCUT2D eigenvalue weighted by molar-refractivity contribution is -0.141. The van der Waals surface area contributed by atoms with E-state index in [1.807, 2.05) is 0 Å². The molecule has 1 atom stereocenters. The van der Waals surface area contributed by atoms with Gasteiger partial charge in [0.1, 0.15) is 5.69 Å². The van der Waals surface area contributed by atoms with Gasteiger partial charge >= 0.3 is 12.2 Å². The zero-order valence-electron chi connectivity index (χ0n) is 11.1. The third-order valence-electron chi connectivity index (χ3n) is 3.25. The van der Waals surface area contributed by atoms with E-state index in [2.05, 4.69) is 17.2 Å². The number of pyridine rings is 1. The molecule has 0 spiro atoms. The molecule has 2 heterocycles. The SMILES string of the molecule is CC1CCCN(C(=O)Nc2ccc(C(F)(F)F)nc2)C1. The number of carbonyl (C=O) groups is 1. The molecule has 2 amide bonds. The highest BCUT2D eigenvalue weighted by Gasteiger charge is 2.32. The summed E-state index contributed by atoms with van der Waals surface area (Å²) < 4.78 is 37.1. The van der Waals surface area contributed by atoms with Gasteiger partial charge in [-0.25, -0.2) is 9.78 Å². The summed E-state index contributed by atoms with van der Waals surface area (Å²) in [5.41, 5.74) is -0.705. The number of anilines is 1. The van der Waals surface area contributed by atoms with Gasteiger partial charge in [-0.2, -0.15) is 13.2 Å². The van der Waals surface area contributed by atoms with Crippen molar-refractivity contribution in [1.29, 1.82) is 0 Å². The highest BCUT2D eigenvalue weighted by Crippen LogP contribution is 2.27. The Kier molecular flexibility index (Phi) is 4.15. The summed E-state index contributed by atoms with van der Waals surface area (Å²) in [5.74, 6) is 0.445. The van der Waals surface area contributed by atoms with E-state index >= 15 is 0 Å². The van der Waals surface area contributed by atoms with Crippen LogP contribution in [0.2, 0.25) is 0 Å². The van der Waals surface area contributed by atoms with E-state index in [-0.39, 0.29) is 11.7 Å². The smallest absolute Gasteiger partial charge is 0.324 e. The number of urea groups is 1. The molecule has 1 saturated heterocycles. The minimum absolute atomic E-state index is 0.265. The van der Waals surface area contributed by atoms with Crippen molar-refractivity contribution in [2.24, 2.45) is 5.92 Å². The van der Waals surface area contributed by atoms with Crippen LogP contribution in [0.15, 0.2) is 18.3 Å². The quantitative estimate of drug-likeness (QED) is 0.860. The van der Waals surface area contributed by atoms with Crippen LogP contribution in [0.3, 0.4) is 0 Å². The first-order chi connectivity index (χ1) is 9.36. The number of rotatable bonds is 1. The second kappa shape index (κ2) is 5.68. The summed E-state index contributed by atoms with van der Waals surface area (Å²) >= 11 is 0. The van der Waals surface area contributed by atoms with E-state index in [1.165, 1.54) is 6.07 Å². The first-order valence-electron chi connectivity index (χ1n) is 6.45. The molecule has 0 radical (unpaired) electrons. The van der Waals surface area contributed by atoms with Gasteiger partial charge in [-0.1, -0.05) is 6.92 Å². The molecule has 4 nitrogen and oxygen atoms in total. The Labute approximate surface area is 115 Å². The van der Waals surface area contributed by atoms with Crippen molar-refractivity contribution in [1.82, 2.24) is 9.88 Å². The van der Waals surface area contributed by atoms with Crippen molar-refractivity contribution in [2.75, 3.05) is 18.4 Å². The first-order valence-corrected chi connectivity index (χ1v) is 6.45. The molecule has 20 heavy (non-hydrogen) atoms. The average molecular weight is 287 g/mol. The molecule has 0 bridgehead atoms. The lowest BCUT2D eigenvalue weighted by atomic mass is 10.0. The molecular weight excluding hydrogens is 271 g/mol. The van der Waals surface area contributed by atoms with Gasteiger partial charge in [-0.05, 0) is 30.9 Å². The maximum atomic E-state index is 12.4. The molecule has 0 aromatic carbocycles. The van der Waals surface area contributed by atoms with Gasteiger partial charge in [0.15, 0.2) is 0 Å². The largest absolute Gasteiger partial charge is 0.433 e. The fourth-order valence-corrected chi connectivity index (χ4v) is 2.21. The summed E-state index contributed by atoms with van der Waals surface area (Å²) in [6, 6.07) is 1.77. The topological polar surface area (TPSA) is 45.2 Å². The Morgan fingerprint density at radius 3 is 2.75 bits per heavy atom. The molecule has 1 fully saturated rings. The number of halogens is 3. The average Bonchev–Trinajstić information content (AvgIpc) is 2.38. The summed E-state index contributed by atoms with van der Waals surface area (Å²) in [5, 5.41) is 2.57. The fraction of sp³-hybridized carbons (Fsp3) is 0.538. The monoisotopic (exact) mass is 287 g/mol. The van der Waals surface area contributed by atoms with E-state index < -0.39 is 11.9 Å². The molecule has 1 unspecified atom stereocenters. The second-order valence-corrected chi connectivity index (χ2v) is 5.05. The van der Waals surface area contributed by atoms with E-state index in [9.17, 15) is 18.0 Å². The molecule has 110 valence electrons. The third kappa shape index (κ3) is 3.61. The summed E-state index contributed by atoms with van der Waals surface area (Å²) in [6.07, 6.45) is -1.41. The molecule has 0 aliphatic carbocycles. The van der Waals surface area contributed by atoms with Gasteiger partial charge in [0, 0.05) is 13.1 Å². The summed E-state index contributed by atoms with van der Waals surface area (Å²) in [7, 11) is 0. The van der Waals surface area contributed by atoms with Gasteiger partial charge < -0.3 is 10.2 Å². The van der Waals surface area contributed by atoms with E-state index in [0.29, 0.717) is 19.0 Å². The molecule has 7 heteroatoms. The molecular formula is C13H16F3N3O. The first kappa shape index (κ1) is 14.6. The Balaban J connectivity index is 1.97. The number of nitrogens with zero attached hydrogens (tertiary/aromatic N) is 2. The highest BCUT2D eigenvalue weighted by atomic mass is 19.4. The normalized spacial score (nSPS) is 19.8. The molecule has 1 aliphatic rings.